The molecular weight excluding hydrogens is 180 g/mol. The van der Waals surface area contributed by atoms with Gasteiger partial charge in [0.15, 0.2) is 5.78 Å². The molecule has 4 heteroatoms. The Kier molecular flexibility index (Phi) is 1.96. The lowest BCUT2D eigenvalue weighted by Gasteiger charge is -1.99. The number of methoxy groups -OCH3 is 1. The van der Waals surface area contributed by atoms with Crippen molar-refractivity contribution in [1.29, 1.82) is 0 Å². The third-order valence-corrected chi connectivity index (χ3v) is 2.11. The molecule has 0 bridgehead atoms. The molecule has 0 spiro atoms. The maximum Gasteiger partial charge on any atom is 0.180 e. The normalized spacial score (nSPS) is 10.4. The van der Waals surface area contributed by atoms with Crippen LogP contribution in [0.2, 0.25) is 0 Å². The van der Waals surface area contributed by atoms with Crippen LogP contribution in [0.5, 0.6) is 5.75 Å². The van der Waals surface area contributed by atoms with E-state index in [1.807, 2.05) is 18.2 Å². The molecule has 0 fully saturated rings. The van der Waals surface area contributed by atoms with Crippen molar-refractivity contribution in [3.05, 3.63) is 23.9 Å². The minimum Gasteiger partial charge on any atom is -0.494 e. The largest absolute Gasteiger partial charge is 0.494 e. The van der Waals surface area contributed by atoms with E-state index in [1.165, 1.54) is 6.92 Å². The number of H-pyrrole nitrogens is 1. The highest BCUT2D eigenvalue weighted by molar-refractivity contribution is 6.05. The molecule has 14 heavy (non-hydrogen) atoms. The number of benzene rings is 1. The second kappa shape index (κ2) is 3.14. The van der Waals surface area contributed by atoms with Gasteiger partial charge in [-0.15, -0.1) is 0 Å². The van der Waals surface area contributed by atoms with Crippen LogP contribution in [0.4, 0.5) is 0 Å². The van der Waals surface area contributed by atoms with Gasteiger partial charge in [-0.2, -0.15) is 5.10 Å². The van der Waals surface area contributed by atoms with E-state index in [0.29, 0.717) is 11.4 Å². The summed E-state index contributed by atoms with van der Waals surface area (Å²) in [6.07, 6.45) is 0. The summed E-state index contributed by atoms with van der Waals surface area (Å²) in [5.74, 6) is 0.645. The lowest BCUT2D eigenvalue weighted by molar-refractivity contribution is 0.101. The minimum atomic E-state index is -0.0514. The Morgan fingerprint density at radius 2 is 2.29 bits per heavy atom. The first kappa shape index (κ1) is 8.74. The Morgan fingerprint density at radius 1 is 1.50 bits per heavy atom. The number of hydrogen-bond acceptors (Lipinski definition) is 3. The number of ketones is 1. The molecule has 72 valence electrons. The molecule has 0 aliphatic carbocycles. The van der Waals surface area contributed by atoms with Gasteiger partial charge in [0.05, 0.1) is 7.11 Å². The SMILES string of the molecule is COc1cccc2c(C(C)=O)n[nH]c12. The summed E-state index contributed by atoms with van der Waals surface area (Å²) in [6, 6.07) is 5.51. The third-order valence-electron chi connectivity index (χ3n) is 2.11. The number of nitrogens with one attached hydrogen (secondary N) is 1. The van der Waals surface area contributed by atoms with Crippen LogP contribution in [0.15, 0.2) is 18.2 Å². The van der Waals surface area contributed by atoms with Crippen molar-refractivity contribution in [1.82, 2.24) is 10.2 Å². The summed E-state index contributed by atoms with van der Waals surface area (Å²) < 4.78 is 5.14. The second-order valence-electron chi connectivity index (χ2n) is 3.01. The molecule has 0 unspecified atom stereocenters. The number of carbonyl (C=O) groups excluding carboxylic acids is 1. The fraction of sp³-hybridized carbons (Fsp3) is 0.200. The van der Waals surface area contributed by atoms with Gasteiger partial charge in [0.2, 0.25) is 0 Å². The van der Waals surface area contributed by atoms with Gasteiger partial charge in [-0.3, -0.25) is 9.89 Å². The standard InChI is InChI=1S/C10H10N2O2/c1-6(13)9-7-4-3-5-8(14-2)10(7)12-11-9/h3-5H,1-2H3,(H,11,12). The van der Waals surface area contributed by atoms with Crippen molar-refractivity contribution in [2.45, 2.75) is 6.92 Å². The molecule has 0 aliphatic heterocycles. The van der Waals surface area contributed by atoms with Crippen molar-refractivity contribution < 1.29 is 9.53 Å². The van der Waals surface area contributed by atoms with Crippen LogP contribution in [0.1, 0.15) is 17.4 Å². The number of fused-ring (bicyclic) bond motifs is 1. The second-order valence-corrected chi connectivity index (χ2v) is 3.01. The number of carbonyl (C=O) groups is 1. The maximum absolute atomic E-state index is 11.2. The van der Waals surface area contributed by atoms with Crippen LogP contribution in [0.3, 0.4) is 0 Å². The van der Waals surface area contributed by atoms with Crippen molar-refractivity contribution >= 4 is 16.7 Å². The molecular formula is C10H10N2O2. The Balaban J connectivity index is 2.75. The molecule has 0 aliphatic rings. The zero-order valence-corrected chi connectivity index (χ0v) is 8.00. The monoisotopic (exact) mass is 190 g/mol. The maximum atomic E-state index is 11.2. The van der Waals surface area contributed by atoms with Crippen LogP contribution >= 0.6 is 0 Å². The number of aromatic nitrogens is 2. The van der Waals surface area contributed by atoms with E-state index in [-0.39, 0.29) is 5.78 Å². The molecule has 1 aromatic carbocycles. The number of aromatic amines is 1. The van der Waals surface area contributed by atoms with E-state index < -0.39 is 0 Å². The average molecular weight is 190 g/mol. The Morgan fingerprint density at radius 3 is 2.93 bits per heavy atom. The van der Waals surface area contributed by atoms with E-state index in [4.69, 9.17) is 4.74 Å². The summed E-state index contributed by atoms with van der Waals surface area (Å²) >= 11 is 0. The van der Waals surface area contributed by atoms with Gasteiger partial charge in [-0.1, -0.05) is 12.1 Å². The van der Waals surface area contributed by atoms with Gasteiger partial charge in [-0.25, -0.2) is 0 Å². The molecule has 0 saturated carbocycles. The molecule has 2 aromatic rings. The molecule has 0 radical (unpaired) electrons. The smallest absolute Gasteiger partial charge is 0.180 e. The van der Waals surface area contributed by atoms with Crippen LogP contribution in [-0.4, -0.2) is 23.1 Å². The quantitative estimate of drug-likeness (QED) is 0.734. The zero-order chi connectivity index (χ0) is 10.1. The lowest BCUT2D eigenvalue weighted by Crippen LogP contribution is -1.92. The molecule has 1 N–H and O–H groups in total. The number of nitrogens with zero attached hydrogens (tertiary/aromatic N) is 1. The van der Waals surface area contributed by atoms with Gasteiger partial charge in [0.1, 0.15) is 17.0 Å². The molecule has 4 nitrogen and oxygen atoms in total. The highest BCUT2D eigenvalue weighted by atomic mass is 16.5. The number of hydrogen-bond donors (Lipinski definition) is 1. The van der Waals surface area contributed by atoms with Crippen LogP contribution in [0, 0.1) is 0 Å². The molecule has 1 heterocycles. The van der Waals surface area contributed by atoms with E-state index >= 15 is 0 Å². The number of rotatable bonds is 2. The summed E-state index contributed by atoms with van der Waals surface area (Å²) in [5, 5.41) is 7.54. The molecule has 1 aromatic heterocycles. The summed E-state index contributed by atoms with van der Waals surface area (Å²) in [7, 11) is 1.59. The van der Waals surface area contributed by atoms with Crippen LogP contribution in [-0.2, 0) is 0 Å². The number of ether oxygens (including phenoxy) is 1. The van der Waals surface area contributed by atoms with Gasteiger partial charge in [-0.05, 0) is 6.07 Å². The van der Waals surface area contributed by atoms with Crippen LogP contribution in [0.25, 0.3) is 10.9 Å². The number of para-hydroxylation sites is 1. The van der Waals surface area contributed by atoms with Crippen molar-refractivity contribution in [2.75, 3.05) is 7.11 Å². The molecule has 2 rings (SSSR count). The fourth-order valence-electron chi connectivity index (χ4n) is 1.45. The predicted octanol–water partition coefficient (Wildman–Crippen LogP) is 1.77. The first-order valence-electron chi connectivity index (χ1n) is 4.26. The summed E-state index contributed by atoms with van der Waals surface area (Å²) in [5.41, 5.74) is 1.22. The van der Waals surface area contributed by atoms with Crippen LogP contribution < -0.4 is 4.74 Å². The topological polar surface area (TPSA) is 55.0 Å². The third kappa shape index (κ3) is 1.16. The Bertz CT molecular complexity index is 488. The molecule has 0 amide bonds. The van der Waals surface area contributed by atoms with Crippen molar-refractivity contribution in [3.63, 3.8) is 0 Å². The van der Waals surface area contributed by atoms with E-state index in [0.717, 1.165) is 10.9 Å². The zero-order valence-electron chi connectivity index (χ0n) is 8.00. The average Bonchev–Trinajstić information content (AvgIpc) is 2.60. The molecule has 0 saturated heterocycles. The van der Waals surface area contributed by atoms with Crippen molar-refractivity contribution in [2.24, 2.45) is 0 Å². The highest BCUT2D eigenvalue weighted by Crippen LogP contribution is 2.25. The Labute approximate surface area is 80.9 Å². The summed E-state index contributed by atoms with van der Waals surface area (Å²) in [6.45, 7) is 1.50. The first-order chi connectivity index (χ1) is 6.74. The van der Waals surface area contributed by atoms with Gasteiger partial charge in [0, 0.05) is 12.3 Å². The lowest BCUT2D eigenvalue weighted by atomic mass is 10.1. The number of Topliss-reactive ketones (excluding diaryl/α,β-unsaturated/α-hetero) is 1. The first-order valence-corrected chi connectivity index (χ1v) is 4.26. The van der Waals surface area contributed by atoms with Crippen molar-refractivity contribution in [3.8, 4) is 5.75 Å². The Hall–Kier alpha value is -1.84. The van der Waals surface area contributed by atoms with E-state index in [1.54, 1.807) is 7.11 Å². The van der Waals surface area contributed by atoms with E-state index in [2.05, 4.69) is 10.2 Å². The summed E-state index contributed by atoms with van der Waals surface area (Å²) in [4.78, 5) is 11.2. The fourth-order valence-corrected chi connectivity index (χ4v) is 1.45. The van der Waals surface area contributed by atoms with Gasteiger partial charge in [0.25, 0.3) is 0 Å². The predicted molar refractivity (Wildman–Crippen MR) is 52.7 cm³/mol. The van der Waals surface area contributed by atoms with Gasteiger partial charge < -0.3 is 4.74 Å². The molecule has 0 atom stereocenters. The highest BCUT2D eigenvalue weighted by Gasteiger charge is 2.11. The van der Waals surface area contributed by atoms with Gasteiger partial charge >= 0.3 is 0 Å². The minimum absolute atomic E-state index is 0.0514. The van der Waals surface area contributed by atoms with E-state index in [9.17, 15) is 4.79 Å².